The van der Waals surface area contributed by atoms with Gasteiger partial charge in [-0.1, -0.05) is 74.2 Å². The third-order valence-electron chi connectivity index (χ3n) is 16.5. The number of para-hydroxylation sites is 1. The van der Waals surface area contributed by atoms with Gasteiger partial charge in [0.1, 0.15) is 11.9 Å². The molecular formula is C60H86AcBN7NaO5. The number of carbonyl (C=O) groups is 1. The number of nitriles is 3. The number of carbonyl (C=O) groups excluding carboxylic acids is 1. The fraction of sp³-hybridized carbons (Fsp3) is 0.617. The van der Waals surface area contributed by atoms with E-state index in [1.54, 1.807) is 0 Å². The number of piperidine rings is 2. The molecule has 4 radical (unpaired) electrons. The van der Waals surface area contributed by atoms with E-state index < -0.39 is 0 Å². The van der Waals surface area contributed by atoms with Crippen molar-refractivity contribution in [2.45, 2.75) is 140 Å². The van der Waals surface area contributed by atoms with Gasteiger partial charge in [-0.2, -0.15) is 15.8 Å². The van der Waals surface area contributed by atoms with Crippen molar-refractivity contribution in [1.29, 1.82) is 21.0 Å². The number of aliphatic hydroxyl groups excluding tert-OH is 3. The molecule has 2 heterocycles. The molecule has 75 heavy (non-hydrogen) atoms. The molecule has 9 rings (SSSR count). The first kappa shape index (κ1) is 72.4. The maximum Gasteiger partial charge on any atom is 1.00 e. The Morgan fingerprint density at radius 1 is 0.600 bits per heavy atom. The van der Waals surface area contributed by atoms with E-state index in [4.69, 9.17) is 33.0 Å². The zero-order chi connectivity index (χ0) is 51.2. The standard InChI is InChI=1S/C20H28N2.C20H27NO.C12H12N2O.C6H13NO.CN.CH4O.Ac.B.Na.H2O/c21-13-15-4-3-6-18(12-15)16-8-10-17(11-9-16)20-7-2-1-5-19(20)14-22;21-13-19-5-1-2-7-20(19)17-10-8-16(9-11-17)18-6-3-4-15(12-18)14-22;13-9-10-3-1-2-4-12(10)14-7-5-11(15)6-8-14;8-5-6-2-1-3-7-4-6;2*1-2;;;;/h1-2,5,7,15-18H,3-4,6,8-13,21H2;1-2,5,7,15-18,22H,3-4,6,8-12,14H2;1-4H,5-8H2;6-8H,1-5H2;;2H,1H3;;;;1H2/q;;;;-1;;;;+1;. The number of nitrogens with one attached hydrogen (secondary N) is 1. The summed E-state index contributed by atoms with van der Waals surface area (Å²) < 4.78 is 0. The number of ketones is 1. The summed E-state index contributed by atoms with van der Waals surface area (Å²) in [6.07, 6.45) is 24.5. The number of benzene rings is 3. The van der Waals surface area contributed by atoms with Gasteiger partial charge in [-0.05, 0) is 192 Å². The molecule has 8 N–H and O–H groups in total. The van der Waals surface area contributed by atoms with Crippen molar-refractivity contribution in [3.05, 3.63) is 107 Å². The topological polar surface area (TPSA) is 246 Å². The molecule has 5 unspecified atom stereocenters. The number of hydrogen-bond donors (Lipinski definition) is 5. The molecule has 0 bridgehead atoms. The van der Waals surface area contributed by atoms with Gasteiger partial charge in [0, 0.05) is 105 Å². The van der Waals surface area contributed by atoms with E-state index in [1.807, 2.05) is 48.5 Å². The third-order valence-corrected chi connectivity index (χ3v) is 16.5. The first-order chi connectivity index (χ1) is 34.9. The first-order valence-corrected chi connectivity index (χ1v) is 26.9. The van der Waals surface area contributed by atoms with Gasteiger partial charge in [-0.3, -0.25) is 4.79 Å². The van der Waals surface area contributed by atoms with Crippen LogP contribution in [0.25, 0.3) is 0 Å². The van der Waals surface area contributed by atoms with Crippen molar-refractivity contribution in [1.82, 2.24) is 5.32 Å². The molecular weight excluding hydrogens is 1160 g/mol. The molecule has 2 saturated heterocycles. The van der Waals surface area contributed by atoms with E-state index in [0.29, 0.717) is 61.1 Å². The SMILES string of the molecule is CO.N#Cc1ccccc1C1CCC(C2CCCC(CN)C2)CC1.N#Cc1ccccc1C1CCC(C2CCCC(CO)C2)CC1.N#Cc1ccccc1N1CCC(=O)CC1.O.OCC1CCCNC1.[Ac].[B].[C-]#N.[Na+]. The van der Waals surface area contributed by atoms with Gasteiger partial charge in [0.15, 0.2) is 0 Å². The molecule has 5 atom stereocenters. The molecule has 15 heteroatoms. The summed E-state index contributed by atoms with van der Waals surface area (Å²) in [6, 6.07) is 30.7. The average molecular weight is 1250 g/mol. The summed E-state index contributed by atoms with van der Waals surface area (Å²) in [5.74, 6) is 6.84. The third kappa shape index (κ3) is 23.7. The molecule has 6 aliphatic rings. The van der Waals surface area contributed by atoms with Crippen molar-refractivity contribution < 1.29 is 99.2 Å². The van der Waals surface area contributed by atoms with Gasteiger partial charge in [0.05, 0.1) is 34.5 Å². The van der Waals surface area contributed by atoms with E-state index >= 15 is 0 Å². The Labute approximate surface area is 511 Å². The van der Waals surface area contributed by atoms with Gasteiger partial charge in [0.2, 0.25) is 0 Å². The van der Waals surface area contributed by atoms with Crippen LogP contribution in [0.5, 0.6) is 0 Å². The summed E-state index contributed by atoms with van der Waals surface area (Å²) in [4.78, 5) is 13.2. The second kappa shape index (κ2) is 42.3. The molecule has 398 valence electrons. The number of rotatable bonds is 8. The van der Waals surface area contributed by atoms with E-state index in [-0.39, 0.29) is 87.5 Å². The van der Waals surface area contributed by atoms with E-state index in [2.05, 4.69) is 52.7 Å². The molecule has 3 aromatic rings. The Morgan fingerprint density at radius 2 is 1.01 bits per heavy atom. The van der Waals surface area contributed by atoms with Gasteiger partial charge in [0.25, 0.3) is 0 Å². The average Bonchev–Trinajstić information content (AvgIpc) is 3.47. The molecule has 0 spiro atoms. The van der Waals surface area contributed by atoms with Crippen LogP contribution in [0, 0.1) is 131 Å². The van der Waals surface area contributed by atoms with Gasteiger partial charge in [-0.25, -0.2) is 0 Å². The summed E-state index contributed by atoms with van der Waals surface area (Å²) in [6.45, 7) is 9.97. The zero-order valence-corrected chi connectivity index (χ0v) is 52.2. The second-order valence-corrected chi connectivity index (χ2v) is 20.7. The van der Waals surface area contributed by atoms with Crippen LogP contribution in [-0.4, -0.2) is 88.0 Å². The Hall–Kier alpha value is -2.64. The van der Waals surface area contributed by atoms with Crippen molar-refractivity contribution in [2.75, 3.05) is 57.9 Å². The van der Waals surface area contributed by atoms with Gasteiger partial charge >= 0.3 is 29.6 Å². The minimum Gasteiger partial charge on any atom is -0.512 e. The molecule has 2 aliphatic heterocycles. The summed E-state index contributed by atoms with van der Waals surface area (Å²) in [7, 11) is 1.00. The summed E-state index contributed by atoms with van der Waals surface area (Å²) in [5.41, 5.74) is 11.8. The maximum absolute atomic E-state index is 11.1. The van der Waals surface area contributed by atoms with Crippen LogP contribution in [0.1, 0.15) is 168 Å². The molecule has 3 aromatic carbocycles. The Bertz CT molecular complexity index is 2040. The van der Waals surface area contributed by atoms with Gasteiger partial charge in [-0.15, -0.1) is 0 Å². The van der Waals surface area contributed by atoms with Crippen LogP contribution < -0.4 is 45.5 Å². The normalized spacial score (nSPS) is 25.6. The Morgan fingerprint density at radius 3 is 1.43 bits per heavy atom. The van der Waals surface area contributed by atoms with E-state index in [0.717, 1.165) is 86.2 Å². The minimum absolute atomic E-state index is 0. The minimum atomic E-state index is 0. The zero-order valence-electron chi connectivity index (χ0n) is 45.4. The van der Waals surface area contributed by atoms with Crippen LogP contribution in [0.2, 0.25) is 0 Å². The van der Waals surface area contributed by atoms with Crippen molar-refractivity contribution >= 4 is 19.9 Å². The van der Waals surface area contributed by atoms with E-state index in [1.165, 1.54) is 127 Å². The number of hydrogen-bond acceptors (Lipinski definition) is 11. The predicted octanol–water partition coefficient (Wildman–Crippen LogP) is 6.44. The Balaban J connectivity index is 0.000000976. The first-order valence-electron chi connectivity index (χ1n) is 26.9. The largest absolute Gasteiger partial charge is 1.00 e. The molecule has 0 amide bonds. The number of Topliss-reactive ketones (excluding diaryl/α,β-unsaturated/α-hetero) is 1. The Kier molecular flexibility index (Phi) is 40.8. The fourth-order valence-corrected chi connectivity index (χ4v) is 12.5. The number of nitrogens with zero attached hydrogens (tertiary/aromatic N) is 5. The second-order valence-electron chi connectivity index (χ2n) is 20.7. The monoisotopic (exact) mass is 1250 g/mol. The van der Waals surface area contributed by atoms with E-state index in [9.17, 15) is 20.4 Å². The van der Waals surface area contributed by atoms with Crippen molar-refractivity contribution in [3.8, 4) is 18.2 Å². The summed E-state index contributed by atoms with van der Waals surface area (Å²) in [5, 5.41) is 62.1. The van der Waals surface area contributed by atoms with Gasteiger partial charge < -0.3 is 48.6 Å². The fourth-order valence-electron chi connectivity index (χ4n) is 12.5. The van der Waals surface area contributed by atoms with Crippen molar-refractivity contribution in [3.63, 3.8) is 0 Å². The number of nitrogens with two attached hydrogens (primary N) is 1. The van der Waals surface area contributed by atoms with Crippen LogP contribution >= 0.6 is 0 Å². The molecule has 6 fully saturated rings. The molecule has 4 aliphatic carbocycles. The van der Waals surface area contributed by atoms with Crippen LogP contribution in [0.3, 0.4) is 0 Å². The van der Waals surface area contributed by atoms with Crippen LogP contribution in [-0.2, 0) is 4.79 Å². The molecule has 12 nitrogen and oxygen atoms in total. The number of aliphatic hydroxyl groups is 3. The molecule has 0 aromatic heterocycles. The van der Waals surface area contributed by atoms with Crippen LogP contribution in [0.4, 0.5) is 5.69 Å². The number of anilines is 1. The summed E-state index contributed by atoms with van der Waals surface area (Å²) >= 11 is 0. The smallest absolute Gasteiger partial charge is 0.512 e. The quantitative estimate of drug-likeness (QED) is 0.121. The predicted molar refractivity (Wildman–Crippen MR) is 292 cm³/mol. The van der Waals surface area contributed by atoms with Crippen LogP contribution in [0.15, 0.2) is 72.8 Å². The molecule has 4 saturated carbocycles. The van der Waals surface area contributed by atoms with Crippen molar-refractivity contribution in [2.24, 2.45) is 47.2 Å². The maximum atomic E-state index is 11.1.